The Kier molecular flexibility index (Phi) is 3.44. The van der Waals surface area contributed by atoms with Crippen molar-refractivity contribution in [2.75, 3.05) is 19.6 Å². The molecule has 1 aliphatic heterocycles. The van der Waals surface area contributed by atoms with Gasteiger partial charge in [-0.05, 0) is 44.0 Å². The Morgan fingerprint density at radius 1 is 1.55 bits per heavy atom. The molecule has 0 unspecified atom stereocenters. The summed E-state index contributed by atoms with van der Waals surface area (Å²) in [5.74, 6) is 0.767. The Morgan fingerprint density at radius 3 is 3.05 bits per heavy atom. The molecule has 1 amide bonds. The van der Waals surface area contributed by atoms with Crippen molar-refractivity contribution in [3.8, 4) is 0 Å². The van der Waals surface area contributed by atoms with Gasteiger partial charge in [-0.15, -0.1) is 0 Å². The van der Waals surface area contributed by atoms with E-state index in [4.69, 9.17) is 21.8 Å². The van der Waals surface area contributed by atoms with Gasteiger partial charge in [-0.1, -0.05) is 11.6 Å². The summed E-state index contributed by atoms with van der Waals surface area (Å²) < 4.78 is 5.72. The van der Waals surface area contributed by atoms with Crippen molar-refractivity contribution in [3.63, 3.8) is 0 Å². The Morgan fingerprint density at radius 2 is 2.35 bits per heavy atom. The molecule has 1 fully saturated rings. The van der Waals surface area contributed by atoms with E-state index in [9.17, 15) is 4.79 Å². The minimum Gasteiger partial charge on any atom is -0.451 e. The lowest BCUT2D eigenvalue weighted by atomic mass is 10.1. The minimum absolute atomic E-state index is 0.0502. The number of rotatable bonds is 2. The maximum absolute atomic E-state index is 12.5. The van der Waals surface area contributed by atoms with Gasteiger partial charge in [0.25, 0.3) is 5.91 Å². The molecule has 2 heterocycles. The summed E-state index contributed by atoms with van der Waals surface area (Å²) in [6.45, 7) is 3.98. The van der Waals surface area contributed by atoms with Crippen LogP contribution in [0.1, 0.15) is 22.5 Å². The standard InChI is InChI=1S/C15H17ClN2O2/c1-9-12-6-11(16)2-3-13(12)20-14(9)15(19)18-5-4-10(7-17)8-18/h2-3,6,10H,4-5,7-8,17H2,1H3/t10-/m0/s1. The monoisotopic (exact) mass is 292 g/mol. The first-order chi connectivity index (χ1) is 9.60. The first-order valence-corrected chi connectivity index (χ1v) is 7.16. The van der Waals surface area contributed by atoms with Gasteiger partial charge >= 0.3 is 0 Å². The fraction of sp³-hybridized carbons (Fsp3) is 0.400. The van der Waals surface area contributed by atoms with Crippen LogP contribution in [0.3, 0.4) is 0 Å². The zero-order valence-electron chi connectivity index (χ0n) is 11.4. The van der Waals surface area contributed by atoms with Gasteiger partial charge in [0.05, 0.1) is 0 Å². The molecule has 1 atom stereocenters. The van der Waals surface area contributed by atoms with Crippen LogP contribution in [-0.2, 0) is 0 Å². The van der Waals surface area contributed by atoms with Crippen LogP contribution in [0.25, 0.3) is 11.0 Å². The molecular weight excluding hydrogens is 276 g/mol. The van der Waals surface area contributed by atoms with Gasteiger partial charge in [0.2, 0.25) is 0 Å². The summed E-state index contributed by atoms with van der Waals surface area (Å²) in [5, 5.41) is 1.54. The molecule has 1 aliphatic rings. The average molecular weight is 293 g/mol. The number of amides is 1. The molecule has 1 aromatic heterocycles. The van der Waals surface area contributed by atoms with E-state index < -0.39 is 0 Å². The second-order valence-electron chi connectivity index (χ2n) is 5.34. The maximum Gasteiger partial charge on any atom is 0.289 e. The molecule has 3 rings (SSSR count). The highest BCUT2D eigenvalue weighted by atomic mass is 35.5. The second kappa shape index (κ2) is 5.11. The number of likely N-dealkylation sites (tertiary alicyclic amines) is 1. The quantitative estimate of drug-likeness (QED) is 0.926. The van der Waals surface area contributed by atoms with Crippen LogP contribution >= 0.6 is 11.6 Å². The predicted molar refractivity (Wildman–Crippen MR) is 79.0 cm³/mol. The number of carbonyl (C=O) groups is 1. The normalized spacial score (nSPS) is 18.9. The van der Waals surface area contributed by atoms with Crippen molar-refractivity contribution >= 4 is 28.5 Å². The summed E-state index contributed by atoms with van der Waals surface area (Å²) in [7, 11) is 0. The highest BCUT2D eigenvalue weighted by molar-refractivity contribution is 6.31. The molecule has 4 nitrogen and oxygen atoms in total. The zero-order chi connectivity index (χ0) is 14.3. The molecule has 20 heavy (non-hydrogen) atoms. The van der Waals surface area contributed by atoms with E-state index in [0.717, 1.165) is 23.9 Å². The fourth-order valence-corrected chi connectivity index (χ4v) is 2.92. The number of carbonyl (C=O) groups excluding carboxylic acids is 1. The molecule has 2 aromatic rings. The fourth-order valence-electron chi connectivity index (χ4n) is 2.75. The first kappa shape index (κ1) is 13.5. The van der Waals surface area contributed by atoms with E-state index in [1.165, 1.54) is 0 Å². The minimum atomic E-state index is -0.0502. The van der Waals surface area contributed by atoms with E-state index in [1.807, 2.05) is 17.9 Å². The summed E-state index contributed by atoms with van der Waals surface area (Å²) in [6.07, 6.45) is 0.966. The Labute approximate surface area is 122 Å². The number of benzene rings is 1. The molecule has 0 radical (unpaired) electrons. The van der Waals surface area contributed by atoms with E-state index in [-0.39, 0.29) is 5.91 Å². The van der Waals surface area contributed by atoms with Crippen molar-refractivity contribution in [1.82, 2.24) is 4.90 Å². The molecule has 106 valence electrons. The van der Waals surface area contributed by atoms with Gasteiger partial charge in [0.15, 0.2) is 5.76 Å². The summed E-state index contributed by atoms with van der Waals surface area (Å²) in [5.41, 5.74) is 7.22. The highest BCUT2D eigenvalue weighted by Crippen LogP contribution is 2.29. The van der Waals surface area contributed by atoms with Gasteiger partial charge in [-0.2, -0.15) is 0 Å². The molecule has 2 N–H and O–H groups in total. The number of fused-ring (bicyclic) bond motifs is 1. The van der Waals surface area contributed by atoms with Crippen LogP contribution in [0.4, 0.5) is 0 Å². The second-order valence-corrected chi connectivity index (χ2v) is 5.77. The van der Waals surface area contributed by atoms with Crippen LogP contribution in [0.5, 0.6) is 0 Å². The van der Waals surface area contributed by atoms with Gasteiger partial charge in [0, 0.05) is 29.1 Å². The molecule has 0 aliphatic carbocycles. The van der Waals surface area contributed by atoms with Gasteiger partial charge in [-0.3, -0.25) is 4.79 Å². The molecule has 0 bridgehead atoms. The lowest BCUT2D eigenvalue weighted by molar-refractivity contribution is 0.0757. The van der Waals surface area contributed by atoms with Crippen LogP contribution in [0.2, 0.25) is 5.02 Å². The molecular formula is C15H17ClN2O2. The number of halogens is 1. The SMILES string of the molecule is Cc1c(C(=O)N2CC[C@@H](CN)C2)oc2ccc(Cl)cc12. The van der Waals surface area contributed by atoms with Crippen molar-refractivity contribution in [3.05, 3.63) is 34.5 Å². The third-order valence-electron chi connectivity index (χ3n) is 4.00. The zero-order valence-corrected chi connectivity index (χ0v) is 12.1. The van der Waals surface area contributed by atoms with Crippen LogP contribution in [0.15, 0.2) is 22.6 Å². The highest BCUT2D eigenvalue weighted by Gasteiger charge is 2.29. The molecule has 1 aromatic carbocycles. The topological polar surface area (TPSA) is 59.5 Å². The van der Waals surface area contributed by atoms with Gasteiger partial charge in [0.1, 0.15) is 5.58 Å². The number of nitrogens with two attached hydrogens (primary N) is 1. The largest absolute Gasteiger partial charge is 0.451 e. The van der Waals surface area contributed by atoms with Crippen molar-refractivity contribution in [1.29, 1.82) is 0 Å². The van der Waals surface area contributed by atoms with Gasteiger partial charge in [-0.25, -0.2) is 0 Å². The van der Waals surface area contributed by atoms with Crippen molar-refractivity contribution < 1.29 is 9.21 Å². The van der Waals surface area contributed by atoms with Crippen LogP contribution in [-0.4, -0.2) is 30.4 Å². The smallest absolute Gasteiger partial charge is 0.289 e. The summed E-state index contributed by atoms with van der Waals surface area (Å²) >= 11 is 5.99. The Balaban J connectivity index is 1.94. The van der Waals surface area contributed by atoms with Crippen LogP contribution < -0.4 is 5.73 Å². The van der Waals surface area contributed by atoms with Crippen molar-refractivity contribution in [2.45, 2.75) is 13.3 Å². The lowest BCUT2D eigenvalue weighted by Gasteiger charge is -2.14. The van der Waals surface area contributed by atoms with Gasteiger partial charge < -0.3 is 15.1 Å². The van der Waals surface area contributed by atoms with E-state index >= 15 is 0 Å². The number of hydrogen-bond donors (Lipinski definition) is 1. The third kappa shape index (κ3) is 2.19. The number of aryl methyl sites for hydroxylation is 1. The van der Waals surface area contributed by atoms with E-state index in [2.05, 4.69) is 0 Å². The molecule has 0 saturated carbocycles. The third-order valence-corrected chi connectivity index (χ3v) is 4.23. The summed E-state index contributed by atoms with van der Waals surface area (Å²) in [6, 6.07) is 5.40. The molecule has 1 saturated heterocycles. The predicted octanol–water partition coefficient (Wildman–Crippen LogP) is 2.82. The molecule has 0 spiro atoms. The van der Waals surface area contributed by atoms with E-state index in [1.54, 1.807) is 12.1 Å². The number of furan rings is 1. The Bertz CT molecular complexity index is 665. The maximum atomic E-state index is 12.5. The molecule has 5 heteroatoms. The summed E-state index contributed by atoms with van der Waals surface area (Å²) in [4.78, 5) is 14.4. The lowest BCUT2D eigenvalue weighted by Crippen LogP contribution is -2.30. The van der Waals surface area contributed by atoms with E-state index in [0.29, 0.717) is 35.4 Å². The first-order valence-electron chi connectivity index (χ1n) is 6.78. The number of hydrogen-bond acceptors (Lipinski definition) is 3. The Hall–Kier alpha value is -1.52. The van der Waals surface area contributed by atoms with Crippen LogP contribution in [0, 0.1) is 12.8 Å². The average Bonchev–Trinajstić information content (AvgIpc) is 3.04. The van der Waals surface area contributed by atoms with Crippen molar-refractivity contribution in [2.24, 2.45) is 11.7 Å². The number of nitrogens with zero attached hydrogens (tertiary/aromatic N) is 1.